The topological polar surface area (TPSA) is 70.6 Å². The molecule has 2 aliphatic heterocycles. The number of hydrogen-bond donors (Lipinski definition) is 1. The Morgan fingerprint density at radius 3 is 2.11 bits per heavy atom. The molecule has 2 spiro atoms. The maximum Gasteiger partial charge on any atom is 1.00 e. The molecule has 0 bridgehead atoms. The molecule has 1 aromatic rings. The minimum Gasteiger partial charge on any atom is -0.873 e. The summed E-state index contributed by atoms with van der Waals surface area (Å²) in [6.07, 6.45) is 5.06. The van der Waals surface area contributed by atoms with Crippen molar-refractivity contribution in [3.8, 4) is 0 Å². The van der Waals surface area contributed by atoms with E-state index in [4.69, 9.17) is 9.47 Å². The van der Waals surface area contributed by atoms with E-state index in [1.807, 2.05) is 32.9 Å². The van der Waals surface area contributed by atoms with Crippen LogP contribution in [0.1, 0.15) is 54.4 Å². The summed E-state index contributed by atoms with van der Waals surface area (Å²) >= 11 is 0. The van der Waals surface area contributed by atoms with Crippen LogP contribution in [0.3, 0.4) is 0 Å². The Morgan fingerprint density at radius 2 is 1.56 bits per heavy atom. The maximum atomic E-state index is 13.3. The molecule has 1 aliphatic carbocycles. The summed E-state index contributed by atoms with van der Waals surface area (Å²) in [4.78, 5) is 12.7. The van der Waals surface area contributed by atoms with Gasteiger partial charge >= 0.3 is 29.6 Å². The van der Waals surface area contributed by atoms with Gasteiger partial charge in [0.05, 0.1) is 18.8 Å². The number of carbonyl (C=O) groups is 1. The second kappa shape index (κ2) is 7.53. The van der Waals surface area contributed by atoms with Crippen LogP contribution in [0.4, 0.5) is 0 Å². The number of hydrogen-bond acceptors (Lipinski definition) is 4. The van der Waals surface area contributed by atoms with Crippen LogP contribution in [0.15, 0.2) is 17.9 Å². The van der Waals surface area contributed by atoms with E-state index in [-0.39, 0.29) is 60.0 Å². The first-order valence-corrected chi connectivity index (χ1v) is 9.46. The second-order valence-electron chi connectivity index (χ2n) is 8.06. The van der Waals surface area contributed by atoms with Gasteiger partial charge in [-0.2, -0.15) is 0 Å². The van der Waals surface area contributed by atoms with Crippen LogP contribution in [0.2, 0.25) is 0 Å². The SMILES string of the molecule is Cc1cc(C)c(C2=C([O-])C3(COC4(CCCCC4)OC3)NC2=O)c(C)c1.[Na+]. The molecule has 1 amide bonds. The number of aryl methyl sites for hydroxylation is 3. The Kier molecular flexibility index (Phi) is 5.82. The summed E-state index contributed by atoms with van der Waals surface area (Å²) < 4.78 is 12.1. The first-order chi connectivity index (χ1) is 12.4. The van der Waals surface area contributed by atoms with Gasteiger partial charge in [-0.1, -0.05) is 29.9 Å². The first-order valence-electron chi connectivity index (χ1n) is 9.46. The van der Waals surface area contributed by atoms with Crippen molar-refractivity contribution >= 4 is 11.5 Å². The van der Waals surface area contributed by atoms with Crippen molar-refractivity contribution in [2.45, 2.75) is 64.2 Å². The molecule has 0 atom stereocenters. The predicted molar refractivity (Wildman–Crippen MR) is 96.2 cm³/mol. The molecule has 1 aromatic carbocycles. The van der Waals surface area contributed by atoms with Crippen molar-refractivity contribution in [3.63, 3.8) is 0 Å². The number of amides is 1. The Labute approximate surface area is 182 Å². The van der Waals surface area contributed by atoms with Gasteiger partial charge in [0.1, 0.15) is 0 Å². The van der Waals surface area contributed by atoms with E-state index < -0.39 is 11.3 Å². The third kappa shape index (κ3) is 3.49. The summed E-state index contributed by atoms with van der Waals surface area (Å²) in [6.45, 7) is 6.27. The Balaban J connectivity index is 0.00000210. The van der Waals surface area contributed by atoms with E-state index in [2.05, 4.69) is 5.32 Å². The number of ether oxygens (including phenoxy) is 2. The van der Waals surface area contributed by atoms with Gasteiger partial charge in [0.2, 0.25) is 0 Å². The summed E-state index contributed by atoms with van der Waals surface area (Å²) in [7, 11) is 0. The van der Waals surface area contributed by atoms with Crippen LogP contribution >= 0.6 is 0 Å². The van der Waals surface area contributed by atoms with Crippen molar-refractivity contribution in [1.29, 1.82) is 0 Å². The van der Waals surface area contributed by atoms with Gasteiger partial charge in [-0.3, -0.25) is 4.79 Å². The van der Waals surface area contributed by atoms with Gasteiger partial charge in [0.15, 0.2) is 5.79 Å². The van der Waals surface area contributed by atoms with Gasteiger partial charge < -0.3 is 19.9 Å². The van der Waals surface area contributed by atoms with Crippen LogP contribution in [-0.4, -0.2) is 30.4 Å². The zero-order valence-electron chi connectivity index (χ0n) is 16.7. The number of rotatable bonds is 1. The minimum absolute atomic E-state index is 0. The standard InChI is InChI=1S/C21H27NO4.Na/c1-13-9-14(2)16(15(3)10-13)17-18(23)20(22-19(17)24)11-25-21(26-12-20)7-5-4-6-8-21;/h9-10,23H,4-8,11-12H2,1-3H3,(H,22,24);/q;+1/p-1. The quantitative estimate of drug-likeness (QED) is 0.653. The Morgan fingerprint density at radius 1 is 1.00 bits per heavy atom. The summed E-state index contributed by atoms with van der Waals surface area (Å²) in [6, 6.07) is 4.01. The van der Waals surface area contributed by atoms with E-state index in [9.17, 15) is 9.90 Å². The average Bonchev–Trinajstić information content (AvgIpc) is 2.83. The monoisotopic (exact) mass is 379 g/mol. The fourth-order valence-corrected chi connectivity index (χ4v) is 4.66. The molecule has 5 nitrogen and oxygen atoms in total. The molecule has 2 fully saturated rings. The average molecular weight is 379 g/mol. The van der Waals surface area contributed by atoms with Crippen molar-refractivity contribution in [3.05, 3.63) is 40.1 Å². The zero-order chi connectivity index (χ0) is 18.5. The molecule has 0 radical (unpaired) electrons. The smallest absolute Gasteiger partial charge is 0.873 e. The molecule has 3 aliphatic rings. The maximum absolute atomic E-state index is 13.3. The summed E-state index contributed by atoms with van der Waals surface area (Å²) in [5, 5.41) is 16.2. The van der Waals surface area contributed by atoms with E-state index in [1.54, 1.807) is 0 Å². The van der Waals surface area contributed by atoms with Crippen molar-refractivity contribution in [2.24, 2.45) is 0 Å². The van der Waals surface area contributed by atoms with E-state index in [0.29, 0.717) is 0 Å². The number of carbonyl (C=O) groups excluding carboxylic acids is 1. The van der Waals surface area contributed by atoms with Crippen molar-refractivity contribution in [1.82, 2.24) is 5.32 Å². The fourth-order valence-electron chi connectivity index (χ4n) is 4.66. The van der Waals surface area contributed by atoms with Crippen LogP contribution in [0.5, 0.6) is 0 Å². The fraction of sp³-hybridized carbons (Fsp3) is 0.571. The molecule has 0 unspecified atom stereocenters. The molecule has 1 saturated heterocycles. The van der Waals surface area contributed by atoms with Gasteiger partial charge in [0.25, 0.3) is 5.91 Å². The van der Waals surface area contributed by atoms with Crippen LogP contribution in [0.25, 0.3) is 5.57 Å². The van der Waals surface area contributed by atoms with E-state index in [0.717, 1.165) is 47.9 Å². The second-order valence-corrected chi connectivity index (χ2v) is 8.06. The molecule has 140 valence electrons. The molecule has 1 N–H and O–H groups in total. The molecule has 0 aromatic heterocycles. The van der Waals surface area contributed by atoms with Crippen LogP contribution in [0, 0.1) is 20.8 Å². The molecular formula is C21H26NNaO4. The van der Waals surface area contributed by atoms with Gasteiger partial charge in [-0.05, 0) is 50.3 Å². The Bertz CT molecular complexity index is 762. The molecule has 1 saturated carbocycles. The summed E-state index contributed by atoms with van der Waals surface area (Å²) in [5.74, 6) is -1.09. The Hall–Kier alpha value is -0.850. The first kappa shape index (κ1) is 20.9. The molecule has 27 heavy (non-hydrogen) atoms. The predicted octanol–water partition coefficient (Wildman–Crippen LogP) is -0.737. The summed E-state index contributed by atoms with van der Waals surface area (Å²) in [5.41, 5.74) is 2.91. The molecular weight excluding hydrogens is 353 g/mol. The van der Waals surface area contributed by atoms with Gasteiger partial charge in [-0.25, -0.2) is 0 Å². The van der Waals surface area contributed by atoms with Crippen LogP contribution < -0.4 is 40.0 Å². The van der Waals surface area contributed by atoms with E-state index >= 15 is 0 Å². The number of benzene rings is 1. The third-order valence-corrected chi connectivity index (χ3v) is 5.95. The zero-order valence-corrected chi connectivity index (χ0v) is 18.7. The molecule has 6 heteroatoms. The van der Waals surface area contributed by atoms with Gasteiger partial charge in [0, 0.05) is 18.4 Å². The van der Waals surface area contributed by atoms with Crippen molar-refractivity contribution < 1.29 is 48.9 Å². The van der Waals surface area contributed by atoms with E-state index in [1.165, 1.54) is 6.42 Å². The van der Waals surface area contributed by atoms with Gasteiger partial charge in [-0.15, -0.1) is 0 Å². The normalized spacial score (nSPS) is 23.4. The van der Waals surface area contributed by atoms with Crippen molar-refractivity contribution in [2.75, 3.05) is 13.2 Å². The largest absolute Gasteiger partial charge is 1.00 e. The molecule has 4 rings (SSSR count). The third-order valence-electron chi connectivity index (χ3n) is 5.95. The van der Waals surface area contributed by atoms with Crippen LogP contribution in [-0.2, 0) is 14.3 Å². The number of nitrogens with one attached hydrogen (secondary N) is 1. The molecule has 2 heterocycles. The minimum atomic E-state index is -1.08.